The average Bonchev–Trinajstić information content (AvgIpc) is 2.46. The Morgan fingerprint density at radius 2 is 2.14 bits per heavy atom. The number of anilines is 1. The smallest absolute Gasteiger partial charge is 0.174 e. The molecule has 6 nitrogen and oxygen atoms in total. The summed E-state index contributed by atoms with van der Waals surface area (Å²) in [6.45, 7) is 4.42. The van der Waals surface area contributed by atoms with Gasteiger partial charge < -0.3 is 15.8 Å². The van der Waals surface area contributed by atoms with E-state index in [0.29, 0.717) is 17.9 Å². The fourth-order valence-corrected chi connectivity index (χ4v) is 2.27. The minimum atomic E-state index is 0.0582. The fourth-order valence-electron chi connectivity index (χ4n) is 2.27. The second kappa shape index (κ2) is 6.21. The van der Waals surface area contributed by atoms with Gasteiger partial charge in [-0.1, -0.05) is 11.2 Å². The summed E-state index contributed by atoms with van der Waals surface area (Å²) in [6.07, 6.45) is 1.75. The Morgan fingerprint density at radius 3 is 2.76 bits per heavy atom. The molecule has 0 aromatic carbocycles. The summed E-state index contributed by atoms with van der Waals surface area (Å²) in [6, 6.07) is 7.67. The van der Waals surface area contributed by atoms with Gasteiger partial charge in [-0.25, -0.2) is 4.98 Å². The zero-order chi connectivity index (χ0) is 15.4. The highest BCUT2D eigenvalue weighted by Crippen LogP contribution is 2.22. The number of nitrogens with two attached hydrogens (primary N) is 1. The van der Waals surface area contributed by atoms with Crippen LogP contribution in [-0.2, 0) is 6.54 Å². The quantitative estimate of drug-likeness (QED) is 0.387. The lowest BCUT2D eigenvalue weighted by Crippen LogP contribution is -2.25. The molecule has 0 radical (unpaired) electrons. The average molecular weight is 285 g/mol. The Balaban J connectivity index is 2.42. The highest BCUT2D eigenvalue weighted by Gasteiger charge is 2.17. The van der Waals surface area contributed by atoms with Gasteiger partial charge in [-0.2, -0.15) is 0 Å². The maximum absolute atomic E-state index is 8.98. The summed E-state index contributed by atoms with van der Waals surface area (Å²) >= 11 is 0. The molecule has 0 amide bonds. The summed E-state index contributed by atoms with van der Waals surface area (Å²) in [7, 11) is 1.91. The third-order valence-corrected chi connectivity index (χ3v) is 3.18. The minimum Gasteiger partial charge on any atom is -0.409 e. The molecule has 0 aliphatic carbocycles. The second-order valence-electron chi connectivity index (χ2n) is 4.94. The third-order valence-electron chi connectivity index (χ3n) is 3.18. The van der Waals surface area contributed by atoms with Gasteiger partial charge in [0, 0.05) is 18.9 Å². The van der Waals surface area contributed by atoms with Crippen molar-refractivity contribution in [2.24, 2.45) is 10.9 Å². The molecular formula is C15H19N5O. The van der Waals surface area contributed by atoms with Gasteiger partial charge in [-0.05, 0) is 37.6 Å². The van der Waals surface area contributed by atoms with E-state index in [1.165, 1.54) is 0 Å². The highest BCUT2D eigenvalue weighted by atomic mass is 16.4. The summed E-state index contributed by atoms with van der Waals surface area (Å²) < 4.78 is 0. The van der Waals surface area contributed by atoms with Crippen LogP contribution in [0.25, 0.3) is 0 Å². The van der Waals surface area contributed by atoms with Crippen molar-refractivity contribution in [2.75, 3.05) is 11.9 Å². The predicted octanol–water partition coefficient (Wildman–Crippen LogP) is 1.82. The van der Waals surface area contributed by atoms with Crippen LogP contribution in [0.1, 0.15) is 22.5 Å². The molecule has 2 aromatic heterocycles. The summed E-state index contributed by atoms with van der Waals surface area (Å²) in [5.74, 6) is 0.733. The van der Waals surface area contributed by atoms with Crippen LogP contribution in [0, 0.1) is 13.8 Å². The topological polar surface area (TPSA) is 87.6 Å². The molecule has 21 heavy (non-hydrogen) atoms. The number of hydrogen-bond acceptors (Lipinski definition) is 5. The molecule has 0 spiro atoms. The molecule has 0 aliphatic heterocycles. The van der Waals surface area contributed by atoms with Crippen molar-refractivity contribution >= 4 is 11.7 Å². The number of nitrogens with zero attached hydrogens (tertiary/aromatic N) is 4. The van der Waals surface area contributed by atoms with Gasteiger partial charge in [0.15, 0.2) is 5.84 Å². The first-order valence-electron chi connectivity index (χ1n) is 6.60. The normalized spacial score (nSPS) is 11.5. The largest absolute Gasteiger partial charge is 0.409 e. The first kappa shape index (κ1) is 14.8. The Labute approximate surface area is 123 Å². The lowest BCUT2D eigenvalue weighted by atomic mass is 10.1. The van der Waals surface area contributed by atoms with Crippen molar-refractivity contribution in [1.29, 1.82) is 0 Å². The van der Waals surface area contributed by atoms with Crippen molar-refractivity contribution in [1.82, 2.24) is 9.97 Å². The van der Waals surface area contributed by atoms with E-state index in [1.54, 1.807) is 6.20 Å². The number of aryl methyl sites for hydroxylation is 2. The number of hydrogen-bond donors (Lipinski definition) is 2. The first-order chi connectivity index (χ1) is 10.0. The number of rotatable bonds is 4. The van der Waals surface area contributed by atoms with Crippen LogP contribution in [-0.4, -0.2) is 28.1 Å². The molecular weight excluding hydrogens is 266 g/mol. The molecule has 0 bridgehead atoms. The molecule has 0 unspecified atom stereocenters. The Bertz CT molecular complexity index is 655. The number of amidine groups is 1. The van der Waals surface area contributed by atoms with Crippen LogP contribution in [0.4, 0.5) is 5.82 Å². The van der Waals surface area contributed by atoms with Gasteiger partial charge in [0.1, 0.15) is 5.82 Å². The van der Waals surface area contributed by atoms with E-state index < -0.39 is 0 Å². The Kier molecular flexibility index (Phi) is 4.37. The van der Waals surface area contributed by atoms with Crippen molar-refractivity contribution < 1.29 is 5.21 Å². The van der Waals surface area contributed by atoms with Crippen molar-refractivity contribution in [3.8, 4) is 0 Å². The van der Waals surface area contributed by atoms with E-state index in [1.807, 2.05) is 50.1 Å². The fraction of sp³-hybridized carbons (Fsp3) is 0.267. The van der Waals surface area contributed by atoms with E-state index in [-0.39, 0.29) is 5.84 Å². The van der Waals surface area contributed by atoms with Crippen LogP contribution in [0.3, 0.4) is 0 Å². The van der Waals surface area contributed by atoms with Crippen LogP contribution >= 0.6 is 0 Å². The zero-order valence-electron chi connectivity index (χ0n) is 12.4. The highest BCUT2D eigenvalue weighted by molar-refractivity contribution is 6.02. The van der Waals surface area contributed by atoms with E-state index in [4.69, 9.17) is 10.9 Å². The summed E-state index contributed by atoms with van der Waals surface area (Å²) in [5.41, 5.74) is 9.15. The Hall–Kier alpha value is -2.63. The van der Waals surface area contributed by atoms with Gasteiger partial charge in [0.05, 0.1) is 17.8 Å². The summed E-state index contributed by atoms with van der Waals surface area (Å²) in [4.78, 5) is 10.8. The lowest BCUT2D eigenvalue weighted by Gasteiger charge is -2.22. The molecule has 3 N–H and O–H groups in total. The van der Waals surface area contributed by atoms with Crippen molar-refractivity contribution in [3.63, 3.8) is 0 Å². The molecule has 0 saturated carbocycles. The number of oxime groups is 1. The maximum Gasteiger partial charge on any atom is 0.174 e. The van der Waals surface area contributed by atoms with E-state index in [9.17, 15) is 0 Å². The number of aromatic nitrogens is 2. The Morgan fingerprint density at radius 1 is 1.38 bits per heavy atom. The van der Waals surface area contributed by atoms with E-state index in [2.05, 4.69) is 15.1 Å². The molecule has 6 heteroatoms. The molecule has 2 heterocycles. The monoisotopic (exact) mass is 285 g/mol. The van der Waals surface area contributed by atoms with Gasteiger partial charge in [-0.15, -0.1) is 0 Å². The SMILES string of the molecule is Cc1cc(C)c(/C(N)=N/O)c(N(C)Cc2ccccn2)n1. The molecule has 0 saturated heterocycles. The molecule has 2 rings (SSSR count). The van der Waals surface area contributed by atoms with Gasteiger partial charge in [-0.3, -0.25) is 4.98 Å². The van der Waals surface area contributed by atoms with Gasteiger partial charge >= 0.3 is 0 Å². The maximum atomic E-state index is 8.98. The van der Waals surface area contributed by atoms with E-state index in [0.717, 1.165) is 17.0 Å². The van der Waals surface area contributed by atoms with Crippen LogP contribution in [0.2, 0.25) is 0 Å². The minimum absolute atomic E-state index is 0.0582. The zero-order valence-corrected chi connectivity index (χ0v) is 12.4. The van der Waals surface area contributed by atoms with Crippen molar-refractivity contribution in [3.05, 3.63) is 53.0 Å². The molecule has 0 fully saturated rings. The standard InChI is InChI=1S/C15H19N5O/c1-10-8-11(2)18-15(13(10)14(16)19-21)20(3)9-12-6-4-5-7-17-12/h4-8,21H,9H2,1-3H3,(H2,16,19). The third kappa shape index (κ3) is 3.28. The lowest BCUT2D eigenvalue weighted by molar-refractivity contribution is 0.318. The molecule has 110 valence electrons. The van der Waals surface area contributed by atoms with Gasteiger partial charge in [0.25, 0.3) is 0 Å². The van der Waals surface area contributed by atoms with Gasteiger partial charge in [0.2, 0.25) is 0 Å². The van der Waals surface area contributed by atoms with E-state index >= 15 is 0 Å². The summed E-state index contributed by atoms with van der Waals surface area (Å²) in [5, 5.41) is 12.1. The molecule has 2 aromatic rings. The number of pyridine rings is 2. The first-order valence-corrected chi connectivity index (χ1v) is 6.60. The van der Waals surface area contributed by atoms with Crippen LogP contribution in [0.5, 0.6) is 0 Å². The second-order valence-corrected chi connectivity index (χ2v) is 4.94. The predicted molar refractivity (Wildman–Crippen MR) is 82.6 cm³/mol. The molecule has 0 aliphatic rings. The van der Waals surface area contributed by atoms with Crippen LogP contribution < -0.4 is 10.6 Å². The van der Waals surface area contributed by atoms with Crippen molar-refractivity contribution in [2.45, 2.75) is 20.4 Å². The van der Waals surface area contributed by atoms with Crippen LogP contribution in [0.15, 0.2) is 35.6 Å². The molecule has 0 atom stereocenters.